The smallest absolute Gasteiger partial charge is 0.411 e. The molecule has 4 heterocycles. The van der Waals surface area contributed by atoms with Crippen molar-refractivity contribution in [2.24, 2.45) is 10.3 Å². The quantitative estimate of drug-likeness (QED) is 0.0825. The Balaban J connectivity index is 0.000000617. The van der Waals surface area contributed by atoms with Crippen molar-refractivity contribution in [2.45, 2.75) is 12.8 Å². The molecule has 19 heteroatoms. The molecule has 0 aliphatic heterocycles. The zero-order valence-electron chi connectivity index (χ0n) is 21.6. The molecule has 4 aromatic rings. The van der Waals surface area contributed by atoms with Crippen LogP contribution in [0, 0.1) is 20.5 Å². The Hall–Kier alpha value is -3.68. The number of aromatic amines is 1. The number of hydrogen-bond donors (Lipinski definition) is 2. The Morgan fingerprint density at radius 3 is 1.37 bits per heavy atom. The summed E-state index contributed by atoms with van der Waals surface area (Å²) in [4.78, 5) is 15.5. The summed E-state index contributed by atoms with van der Waals surface area (Å²) in [6, 6.07) is 22.4. The van der Waals surface area contributed by atoms with Crippen molar-refractivity contribution >= 4 is 11.4 Å². The van der Waals surface area contributed by atoms with E-state index in [1.807, 2.05) is 72.9 Å². The van der Waals surface area contributed by atoms with Crippen LogP contribution in [-0.4, -0.2) is 36.8 Å². The van der Waals surface area contributed by atoms with Gasteiger partial charge in [0.1, 0.15) is 11.4 Å². The SMILES string of the molecule is O/N=C(\Cc1cccc[nH+]1)c1ccccn1.O/N=C(\Cc1ccccn1)c1ccccn1.[Cu+].[O-][Cl+3]([O-])([O-])[O-].[O-][Cl+3]([O-])([O-])[O-]. The van der Waals surface area contributed by atoms with Crippen LogP contribution in [0.15, 0.2) is 108 Å². The fourth-order valence-electron chi connectivity index (χ4n) is 2.82. The minimum Gasteiger partial charge on any atom is -0.411 e. The van der Waals surface area contributed by atoms with Crippen LogP contribution in [0.25, 0.3) is 0 Å². The maximum atomic E-state index is 8.97. The zero-order chi connectivity index (χ0) is 31.4. The standard InChI is InChI=1S/2C12H11N3O.2ClHO4.Cu/c2*16-15-12(11-6-2-4-8-14-11)9-10-5-1-3-7-13-10;2*2-1(3,4)5;/h2*1-8,16H,9H2;2*(H,2,3,4,5);/q;;;;+1/p-1/b2*15-12+;;;. The van der Waals surface area contributed by atoms with Crippen molar-refractivity contribution in [1.29, 1.82) is 0 Å². The third kappa shape index (κ3) is 21.6. The summed E-state index contributed by atoms with van der Waals surface area (Å²) >= 11 is 0. The van der Waals surface area contributed by atoms with Crippen LogP contribution in [-0.2, 0) is 29.9 Å². The second-order valence-corrected chi connectivity index (χ2v) is 8.85. The molecular weight excluding hydrogens is 667 g/mol. The second kappa shape index (κ2) is 21.1. The molecular formula is C24H23Cl2CuN6O10. The average molecular weight is 690 g/mol. The summed E-state index contributed by atoms with van der Waals surface area (Å²) in [5, 5.41) is 24.5. The second-order valence-electron chi connectivity index (χ2n) is 7.34. The van der Waals surface area contributed by atoms with Gasteiger partial charge >= 0.3 is 17.1 Å². The molecule has 0 saturated carbocycles. The van der Waals surface area contributed by atoms with Crippen LogP contribution < -0.4 is 42.3 Å². The van der Waals surface area contributed by atoms with Crippen LogP contribution in [0.5, 0.6) is 0 Å². The van der Waals surface area contributed by atoms with Crippen LogP contribution in [0.1, 0.15) is 22.8 Å². The van der Waals surface area contributed by atoms with E-state index in [2.05, 4.69) is 30.2 Å². The fraction of sp³-hybridized carbons (Fsp3) is 0.0833. The summed E-state index contributed by atoms with van der Waals surface area (Å²) in [5.74, 6) is 0. The molecule has 0 aliphatic rings. The van der Waals surface area contributed by atoms with Gasteiger partial charge < -0.3 is 10.4 Å². The van der Waals surface area contributed by atoms with Crippen LogP contribution >= 0.6 is 0 Å². The predicted octanol–water partition coefficient (Wildman–Crippen LogP) is -6.30. The number of oxime groups is 2. The number of rotatable bonds is 6. The van der Waals surface area contributed by atoms with E-state index < -0.39 is 20.5 Å². The van der Waals surface area contributed by atoms with Crippen molar-refractivity contribution in [1.82, 2.24) is 15.0 Å². The molecule has 0 amide bonds. The molecule has 0 radical (unpaired) electrons. The monoisotopic (exact) mass is 688 g/mol. The van der Waals surface area contributed by atoms with Gasteiger partial charge in [-0.2, -0.15) is 0 Å². The first-order valence-electron chi connectivity index (χ1n) is 11.1. The van der Waals surface area contributed by atoms with Crippen LogP contribution in [0.4, 0.5) is 0 Å². The molecule has 0 aromatic carbocycles. The summed E-state index contributed by atoms with van der Waals surface area (Å²) in [5.41, 5.74) is 4.22. The average Bonchev–Trinajstić information content (AvgIpc) is 2.95. The number of halogens is 2. The predicted molar refractivity (Wildman–Crippen MR) is 120 cm³/mol. The zero-order valence-corrected chi connectivity index (χ0v) is 24.1. The van der Waals surface area contributed by atoms with Gasteiger partial charge in [-0.05, 0) is 36.4 Å². The molecule has 43 heavy (non-hydrogen) atoms. The van der Waals surface area contributed by atoms with Gasteiger partial charge in [0.15, 0.2) is 11.9 Å². The van der Waals surface area contributed by atoms with Gasteiger partial charge in [-0.1, -0.05) is 34.6 Å². The minimum atomic E-state index is -4.94. The van der Waals surface area contributed by atoms with Crippen molar-refractivity contribution in [2.75, 3.05) is 0 Å². The Morgan fingerprint density at radius 2 is 1.02 bits per heavy atom. The molecule has 4 rings (SSSR count). The van der Waals surface area contributed by atoms with Crippen molar-refractivity contribution in [3.05, 3.63) is 120 Å². The van der Waals surface area contributed by atoms with Gasteiger partial charge in [-0.3, -0.25) is 15.0 Å². The first kappa shape index (κ1) is 39.3. The maximum absolute atomic E-state index is 8.97. The first-order valence-corrected chi connectivity index (χ1v) is 13.6. The molecule has 0 spiro atoms. The van der Waals surface area contributed by atoms with E-state index in [4.69, 9.17) is 47.7 Å². The van der Waals surface area contributed by atoms with Crippen LogP contribution in [0.2, 0.25) is 0 Å². The van der Waals surface area contributed by atoms with E-state index in [-0.39, 0.29) is 17.1 Å². The number of H-pyrrole nitrogens is 1. The molecule has 4 aromatic heterocycles. The fourth-order valence-corrected chi connectivity index (χ4v) is 2.82. The van der Waals surface area contributed by atoms with E-state index in [0.29, 0.717) is 35.7 Å². The van der Waals surface area contributed by atoms with E-state index in [0.717, 1.165) is 11.4 Å². The Kier molecular flexibility index (Phi) is 19.3. The van der Waals surface area contributed by atoms with Crippen LogP contribution in [0.3, 0.4) is 0 Å². The third-order valence-electron chi connectivity index (χ3n) is 4.37. The third-order valence-corrected chi connectivity index (χ3v) is 4.37. The van der Waals surface area contributed by atoms with E-state index >= 15 is 0 Å². The summed E-state index contributed by atoms with van der Waals surface area (Å²) in [7, 11) is -9.89. The van der Waals surface area contributed by atoms with E-state index in [1.165, 1.54) is 0 Å². The number of pyridine rings is 4. The number of hydrogen-bond acceptors (Lipinski definition) is 15. The summed E-state index contributed by atoms with van der Waals surface area (Å²) < 4.78 is 67.9. The molecule has 3 N–H and O–H groups in total. The Morgan fingerprint density at radius 1 is 0.605 bits per heavy atom. The van der Waals surface area contributed by atoms with Gasteiger partial charge in [-0.25, -0.2) is 42.3 Å². The van der Waals surface area contributed by atoms with Crippen molar-refractivity contribution in [3.63, 3.8) is 0 Å². The minimum absolute atomic E-state index is 0. The Labute approximate surface area is 259 Å². The molecule has 0 unspecified atom stereocenters. The topological polar surface area (TPSA) is 302 Å². The molecule has 0 fully saturated rings. The molecule has 16 nitrogen and oxygen atoms in total. The molecule has 0 bridgehead atoms. The number of aromatic nitrogens is 4. The van der Waals surface area contributed by atoms with Crippen molar-refractivity contribution < 1.29 is 90.2 Å². The summed E-state index contributed by atoms with van der Waals surface area (Å²) in [6.45, 7) is 0. The maximum Gasteiger partial charge on any atom is 1.00 e. The van der Waals surface area contributed by atoms with Gasteiger partial charge in [-0.15, -0.1) is 20.5 Å². The molecule has 0 aliphatic carbocycles. The molecule has 0 saturated heterocycles. The Bertz CT molecular complexity index is 1220. The number of nitrogens with one attached hydrogen (secondary N) is 1. The van der Waals surface area contributed by atoms with E-state index in [1.54, 1.807) is 24.7 Å². The molecule has 0 atom stereocenters. The van der Waals surface area contributed by atoms with Gasteiger partial charge in [0.2, 0.25) is 0 Å². The van der Waals surface area contributed by atoms with Gasteiger partial charge in [0, 0.05) is 42.8 Å². The van der Waals surface area contributed by atoms with Gasteiger partial charge in [0.25, 0.3) is 0 Å². The van der Waals surface area contributed by atoms with E-state index in [9.17, 15) is 0 Å². The van der Waals surface area contributed by atoms with Crippen molar-refractivity contribution in [3.8, 4) is 0 Å². The molecule has 234 valence electrons. The first-order chi connectivity index (χ1) is 19.8. The largest absolute Gasteiger partial charge is 1.00 e. The normalized spacial score (nSPS) is 11.3. The summed E-state index contributed by atoms with van der Waals surface area (Å²) in [6.07, 6.45) is 7.88. The number of nitrogens with zero attached hydrogens (tertiary/aromatic N) is 5. The van der Waals surface area contributed by atoms with Gasteiger partial charge in [0.05, 0.1) is 17.8 Å².